The molecule has 4 rings (SSSR count). The molecular weight excluding hydrogens is 369 g/mol. The number of nitrogens with zero attached hydrogens (tertiary/aromatic N) is 2. The summed E-state index contributed by atoms with van der Waals surface area (Å²) in [6, 6.07) is 10.4. The summed E-state index contributed by atoms with van der Waals surface area (Å²) in [4.78, 5) is 7.52. The number of halogens is 3. The average Bonchev–Trinajstić information content (AvgIpc) is 2.63. The minimum atomic E-state index is -4.44. The molecule has 1 saturated carbocycles. The van der Waals surface area contributed by atoms with Crippen molar-refractivity contribution in [3.63, 3.8) is 0 Å². The molecule has 0 unspecified atom stereocenters. The van der Waals surface area contributed by atoms with E-state index in [1.165, 1.54) is 6.07 Å². The molecule has 8 heteroatoms. The lowest BCUT2D eigenvalue weighted by molar-refractivity contribution is -0.141. The van der Waals surface area contributed by atoms with Crippen LogP contribution in [-0.2, 0) is 12.7 Å². The number of fused-ring (bicyclic) bond motifs is 1. The van der Waals surface area contributed by atoms with Crippen molar-refractivity contribution in [3.05, 3.63) is 60.0 Å². The van der Waals surface area contributed by atoms with Gasteiger partial charge in [-0.2, -0.15) is 13.2 Å². The monoisotopic (exact) mass is 388 g/mol. The van der Waals surface area contributed by atoms with E-state index >= 15 is 0 Å². The second-order valence-corrected chi connectivity index (χ2v) is 6.91. The number of aromatic nitrogens is 2. The number of nitrogens with two attached hydrogens (primary N) is 1. The van der Waals surface area contributed by atoms with Crippen molar-refractivity contribution >= 4 is 16.6 Å². The second-order valence-electron chi connectivity index (χ2n) is 6.91. The van der Waals surface area contributed by atoms with E-state index in [1.54, 1.807) is 6.20 Å². The Morgan fingerprint density at radius 1 is 1.11 bits per heavy atom. The number of ether oxygens (including phenoxy) is 1. The smallest absolute Gasteiger partial charge is 0.433 e. The fourth-order valence-corrected chi connectivity index (χ4v) is 3.30. The Kier molecular flexibility index (Phi) is 4.80. The molecule has 5 nitrogen and oxygen atoms in total. The van der Waals surface area contributed by atoms with Gasteiger partial charge in [0.25, 0.3) is 0 Å². The van der Waals surface area contributed by atoms with Crippen LogP contribution in [0, 0.1) is 0 Å². The fourth-order valence-electron chi connectivity index (χ4n) is 3.30. The lowest BCUT2D eigenvalue weighted by Crippen LogP contribution is -2.46. The van der Waals surface area contributed by atoms with E-state index in [2.05, 4.69) is 21.4 Å². The Balaban J connectivity index is 1.29. The van der Waals surface area contributed by atoms with Crippen molar-refractivity contribution in [2.45, 2.75) is 37.7 Å². The first-order valence-electron chi connectivity index (χ1n) is 8.95. The SMILES string of the molecule is Nc1cc2c(CNC3CC(Oc4ccc(C(F)(F)F)nc4)C3)cccc2cn1. The van der Waals surface area contributed by atoms with Crippen LogP contribution >= 0.6 is 0 Å². The van der Waals surface area contributed by atoms with Gasteiger partial charge in [-0.3, -0.25) is 0 Å². The Bertz CT molecular complexity index is 969. The average molecular weight is 388 g/mol. The summed E-state index contributed by atoms with van der Waals surface area (Å²) in [5.41, 5.74) is 6.02. The van der Waals surface area contributed by atoms with Gasteiger partial charge in [-0.15, -0.1) is 0 Å². The summed E-state index contributed by atoms with van der Waals surface area (Å²) >= 11 is 0. The molecule has 146 valence electrons. The van der Waals surface area contributed by atoms with Crippen LogP contribution in [0.2, 0.25) is 0 Å². The summed E-state index contributed by atoms with van der Waals surface area (Å²) in [6.07, 6.45) is -0.00189. The summed E-state index contributed by atoms with van der Waals surface area (Å²) in [6.45, 7) is 0.694. The molecule has 0 saturated heterocycles. The normalized spacial score (nSPS) is 19.4. The molecule has 0 spiro atoms. The number of benzene rings is 1. The zero-order valence-corrected chi connectivity index (χ0v) is 14.9. The van der Waals surface area contributed by atoms with Crippen molar-refractivity contribution in [1.82, 2.24) is 15.3 Å². The molecule has 0 atom stereocenters. The molecule has 3 N–H and O–H groups in total. The molecule has 0 amide bonds. The van der Waals surface area contributed by atoms with Gasteiger partial charge in [-0.25, -0.2) is 9.97 Å². The molecule has 0 aliphatic heterocycles. The lowest BCUT2D eigenvalue weighted by atomic mass is 9.89. The van der Waals surface area contributed by atoms with Crippen LogP contribution in [0.5, 0.6) is 5.75 Å². The maximum Gasteiger partial charge on any atom is 0.433 e. The first kappa shape index (κ1) is 18.5. The minimum absolute atomic E-state index is 0.0246. The zero-order valence-electron chi connectivity index (χ0n) is 14.9. The first-order chi connectivity index (χ1) is 13.4. The molecule has 0 bridgehead atoms. The highest BCUT2D eigenvalue weighted by Gasteiger charge is 2.33. The number of hydrogen-bond acceptors (Lipinski definition) is 5. The topological polar surface area (TPSA) is 73.1 Å². The number of pyridine rings is 2. The standard InChI is InChI=1S/C20H19F3N4O/c21-20(22,23)18-5-4-15(11-26-18)28-16-6-14(7-16)25-9-12-2-1-3-13-10-27-19(24)8-17(12)13/h1-5,8,10-11,14,16,25H,6-7,9H2,(H2,24,27). The van der Waals surface area contributed by atoms with E-state index in [1.807, 2.05) is 18.2 Å². The van der Waals surface area contributed by atoms with E-state index in [4.69, 9.17) is 10.5 Å². The molecule has 1 aromatic carbocycles. The molecular formula is C20H19F3N4O. The van der Waals surface area contributed by atoms with Gasteiger partial charge in [-0.05, 0) is 42.0 Å². The van der Waals surface area contributed by atoms with Crippen molar-refractivity contribution in [2.24, 2.45) is 0 Å². The summed E-state index contributed by atoms with van der Waals surface area (Å²) in [7, 11) is 0. The number of nitrogen functional groups attached to an aromatic ring is 1. The summed E-state index contributed by atoms with van der Waals surface area (Å²) in [5.74, 6) is 0.843. The molecule has 1 fully saturated rings. The third-order valence-electron chi connectivity index (χ3n) is 4.88. The molecule has 2 heterocycles. The van der Waals surface area contributed by atoms with Crippen LogP contribution in [0.3, 0.4) is 0 Å². The lowest BCUT2D eigenvalue weighted by Gasteiger charge is -2.36. The van der Waals surface area contributed by atoms with Crippen LogP contribution in [0.15, 0.2) is 48.8 Å². The van der Waals surface area contributed by atoms with Gasteiger partial charge in [0.15, 0.2) is 0 Å². The van der Waals surface area contributed by atoms with E-state index in [-0.39, 0.29) is 6.10 Å². The van der Waals surface area contributed by atoms with Crippen LogP contribution < -0.4 is 15.8 Å². The van der Waals surface area contributed by atoms with Gasteiger partial charge in [0.2, 0.25) is 0 Å². The van der Waals surface area contributed by atoms with Crippen molar-refractivity contribution < 1.29 is 17.9 Å². The largest absolute Gasteiger partial charge is 0.489 e. The number of alkyl halides is 3. The zero-order chi connectivity index (χ0) is 19.7. The van der Waals surface area contributed by atoms with Crippen molar-refractivity contribution in [3.8, 4) is 5.75 Å². The third kappa shape index (κ3) is 4.01. The van der Waals surface area contributed by atoms with E-state index in [0.717, 1.165) is 41.4 Å². The minimum Gasteiger partial charge on any atom is -0.489 e. The highest BCUT2D eigenvalue weighted by Crippen LogP contribution is 2.30. The number of hydrogen-bond donors (Lipinski definition) is 2. The van der Waals surface area contributed by atoms with E-state index < -0.39 is 11.9 Å². The number of nitrogens with one attached hydrogen (secondary N) is 1. The van der Waals surface area contributed by atoms with Crippen LogP contribution in [-0.4, -0.2) is 22.1 Å². The Morgan fingerprint density at radius 3 is 2.64 bits per heavy atom. The summed E-state index contributed by atoms with van der Waals surface area (Å²) in [5, 5.41) is 5.60. The van der Waals surface area contributed by atoms with E-state index in [9.17, 15) is 13.2 Å². The predicted molar refractivity (Wildman–Crippen MR) is 99.7 cm³/mol. The van der Waals surface area contributed by atoms with Crippen LogP contribution in [0.4, 0.5) is 19.0 Å². The maximum absolute atomic E-state index is 12.5. The predicted octanol–water partition coefficient (Wildman–Crippen LogP) is 3.93. The molecule has 28 heavy (non-hydrogen) atoms. The Hall–Kier alpha value is -2.87. The summed E-state index contributed by atoms with van der Waals surface area (Å²) < 4.78 is 43.3. The van der Waals surface area contributed by atoms with Gasteiger partial charge < -0.3 is 15.8 Å². The van der Waals surface area contributed by atoms with Gasteiger partial charge in [0.1, 0.15) is 23.4 Å². The van der Waals surface area contributed by atoms with Crippen LogP contribution in [0.25, 0.3) is 10.8 Å². The molecule has 2 aromatic heterocycles. The molecule has 0 radical (unpaired) electrons. The highest BCUT2D eigenvalue weighted by molar-refractivity contribution is 5.86. The third-order valence-corrected chi connectivity index (χ3v) is 4.88. The molecule has 1 aliphatic rings. The van der Waals surface area contributed by atoms with Gasteiger partial charge in [0, 0.05) is 24.2 Å². The Labute approximate surface area is 159 Å². The van der Waals surface area contributed by atoms with Gasteiger partial charge in [0.05, 0.1) is 6.20 Å². The Morgan fingerprint density at radius 2 is 1.93 bits per heavy atom. The fraction of sp³-hybridized carbons (Fsp3) is 0.300. The quantitative estimate of drug-likeness (QED) is 0.693. The highest BCUT2D eigenvalue weighted by atomic mass is 19.4. The van der Waals surface area contributed by atoms with E-state index in [0.29, 0.717) is 24.2 Å². The molecule has 3 aromatic rings. The van der Waals surface area contributed by atoms with Crippen LogP contribution in [0.1, 0.15) is 24.1 Å². The van der Waals surface area contributed by atoms with Crippen molar-refractivity contribution in [1.29, 1.82) is 0 Å². The number of anilines is 1. The van der Waals surface area contributed by atoms with Gasteiger partial charge in [-0.1, -0.05) is 18.2 Å². The molecule has 1 aliphatic carbocycles. The maximum atomic E-state index is 12.5. The van der Waals surface area contributed by atoms with Crippen molar-refractivity contribution in [2.75, 3.05) is 5.73 Å². The number of rotatable bonds is 5. The first-order valence-corrected chi connectivity index (χ1v) is 8.95. The van der Waals surface area contributed by atoms with Gasteiger partial charge >= 0.3 is 6.18 Å². The second kappa shape index (κ2) is 7.27.